The summed E-state index contributed by atoms with van der Waals surface area (Å²) in [5, 5.41) is 0.607. The van der Waals surface area contributed by atoms with Crippen LogP contribution in [0.3, 0.4) is 0 Å². The molecule has 1 aromatic heterocycles. The molecule has 0 aliphatic heterocycles. The van der Waals surface area contributed by atoms with E-state index in [0.29, 0.717) is 16.7 Å². The van der Waals surface area contributed by atoms with Crippen molar-refractivity contribution in [3.05, 3.63) is 69.1 Å². The first-order valence-electron chi connectivity index (χ1n) is 8.75. The van der Waals surface area contributed by atoms with Crippen molar-refractivity contribution in [2.75, 3.05) is 6.61 Å². The molecule has 6 nitrogen and oxygen atoms in total. The fourth-order valence-corrected chi connectivity index (χ4v) is 2.88. The number of carbonyl (C=O) groups excluding carboxylic acids is 2. The van der Waals surface area contributed by atoms with Crippen LogP contribution in [0.5, 0.6) is 11.5 Å². The van der Waals surface area contributed by atoms with Gasteiger partial charge in [0.2, 0.25) is 0 Å². The van der Waals surface area contributed by atoms with Crippen molar-refractivity contribution in [1.82, 2.24) is 0 Å². The molecule has 0 unspecified atom stereocenters. The number of benzene rings is 2. The van der Waals surface area contributed by atoms with E-state index in [1.165, 1.54) is 19.1 Å². The Labute approximate surface area is 161 Å². The van der Waals surface area contributed by atoms with Gasteiger partial charge in [0.15, 0.2) is 18.0 Å². The van der Waals surface area contributed by atoms with Crippen LogP contribution in [0.1, 0.15) is 34.0 Å². The highest BCUT2D eigenvalue weighted by Crippen LogP contribution is 2.29. The van der Waals surface area contributed by atoms with Gasteiger partial charge in [0, 0.05) is 11.5 Å². The normalized spacial score (nSPS) is 10.7. The third kappa shape index (κ3) is 3.96. The molecule has 0 radical (unpaired) electrons. The van der Waals surface area contributed by atoms with E-state index in [4.69, 9.17) is 13.9 Å². The number of esters is 1. The van der Waals surface area contributed by atoms with Gasteiger partial charge in [-0.2, -0.15) is 0 Å². The van der Waals surface area contributed by atoms with Gasteiger partial charge in [0.25, 0.3) is 0 Å². The third-order valence-corrected chi connectivity index (χ3v) is 4.49. The molecule has 0 amide bonds. The molecule has 28 heavy (non-hydrogen) atoms. The van der Waals surface area contributed by atoms with E-state index in [1.807, 2.05) is 26.0 Å². The molecule has 0 saturated heterocycles. The lowest BCUT2D eigenvalue weighted by atomic mass is 10.0. The van der Waals surface area contributed by atoms with Crippen LogP contribution in [0.25, 0.3) is 11.0 Å². The molecule has 2 aromatic carbocycles. The maximum atomic E-state index is 12.2. The summed E-state index contributed by atoms with van der Waals surface area (Å²) in [4.78, 5) is 36.1. The quantitative estimate of drug-likeness (QED) is 0.289. The second kappa shape index (κ2) is 7.68. The van der Waals surface area contributed by atoms with E-state index >= 15 is 0 Å². The fourth-order valence-electron chi connectivity index (χ4n) is 2.88. The summed E-state index contributed by atoms with van der Waals surface area (Å²) in [6.07, 6.45) is 0. The van der Waals surface area contributed by atoms with Crippen molar-refractivity contribution in [2.45, 2.75) is 27.7 Å². The minimum absolute atomic E-state index is 0.0300. The number of ketones is 1. The lowest BCUT2D eigenvalue weighted by molar-refractivity contribution is -0.136. The average Bonchev–Trinajstić information content (AvgIpc) is 2.62. The van der Waals surface area contributed by atoms with Crippen molar-refractivity contribution in [2.24, 2.45) is 0 Å². The molecule has 0 N–H and O–H groups in total. The summed E-state index contributed by atoms with van der Waals surface area (Å²) < 4.78 is 16.0. The molecule has 0 bridgehead atoms. The Hall–Kier alpha value is -3.41. The molecular weight excluding hydrogens is 360 g/mol. The van der Waals surface area contributed by atoms with Gasteiger partial charge in [-0.3, -0.25) is 4.79 Å². The second-order valence-electron chi connectivity index (χ2n) is 6.63. The van der Waals surface area contributed by atoms with Gasteiger partial charge in [-0.1, -0.05) is 6.07 Å². The van der Waals surface area contributed by atoms with Crippen molar-refractivity contribution >= 4 is 22.7 Å². The van der Waals surface area contributed by atoms with Crippen molar-refractivity contribution in [3.8, 4) is 11.5 Å². The maximum Gasteiger partial charge on any atom is 0.349 e. The Kier molecular flexibility index (Phi) is 5.31. The molecule has 0 spiro atoms. The standard InChI is InChI=1S/C22H20O6/c1-12-5-6-16(9-13(12)2)26-11-20(25)27-18-8-7-17-14(3)10-19(24)28-22(17)21(18)15(4)23/h5-10H,11H2,1-4H3. The second-order valence-corrected chi connectivity index (χ2v) is 6.63. The van der Waals surface area contributed by atoms with E-state index in [1.54, 1.807) is 19.1 Å². The summed E-state index contributed by atoms with van der Waals surface area (Å²) in [5.41, 5.74) is 2.42. The van der Waals surface area contributed by atoms with Gasteiger partial charge in [-0.15, -0.1) is 0 Å². The smallest absolute Gasteiger partial charge is 0.349 e. The van der Waals surface area contributed by atoms with E-state index in [9.17, 15) is 14.4 Å². The molecule has 0 fully saturated rings. The molecular formula is C22H20O6. The highest BCUT2D eigenvalue weighted by molar-refractivity contribution is 6.08. The summed E-state index contributed by atoms with van der Waals surface area (Å²) >= 11 is 0. The van der Waals surface area contributed by atoms with E-state index < -0.39 is 11.6 Å². The third-order valence-electron chi connectivity index (χ3n) is 4.49. The van der Waals surface area contributed by atoms with Crippen LogP contribution >= 0.6 is 0 Å². The summed E-state index contributed by atoms with van der Waals surface area (Å²) in [5.74, 6) is -0.471. The summed E-state index contributed by atoms with van der Waals surface area (Å²) in [6.45, 7) is 6.67. The van der Waals surface area contributed by atoms with Gasteiger partial charge in [0.1, 0.15) is 17.1 Å². The van der Waals surface area contributed by atoms with Crippen LogP contribution in [0.4, 0.5) is 0 Å². The average molecular weight is 380 g/mol. The number of ether oxygens (including phenoxy) is 2. The van der Waals surface area contributed by atoms with Gasteiger partial charge in [-0.25, -0.2) is 9.59 Å². The number of hydrogen-bond donors (Lipinski definition) is 0. The van der Waals surface area contributed by atoms with E-state index in [0.717, 1.165) is 11.1 Å². The van der Waals surface area contributed by atoms with Crippen molar-refractivity contribution in [3.63, 3.8) is 0 Å². The van der Waals surface area contributed by atoms with Crippen molar-refractivity contribution < 1.29 is 23.5 Å². The molecule has 6 heteroatoms. The van der Waals surface area contributed by atoms with Crippen LogP contribution in [0.15, 0.2) is 45.6 Å². The lowest BCUT2D eigenvalue weighted by Gasteiger charge is -2.12. The number of Topliss-reactive ketones (excluding diaryl/α,β-unsaturated/α-hetero) is 1. The topological polar surface area (TPSA) is 82.8 Å². The first-order chi connectivity index (χ1) is 13.3. The van der Waals surface area contributed by atoms with E-state index in [2.05, 4.69) is 0 Å². The molecule has 0 atom stereocenters. The van der Waals surface area contributed by atoms with Gasteiger partial charge in [0.05, 0.1) is 0 Å². The summed E-state index contributed by atoms with van der Waals surface area (Å²) in [7, 11) is 0. The number of aryl methyl sites for hydroxylation is 3. The van der Waals surface area contributed by atoms with E-state index in [-0.39, 0.29) is 29.3 Å². The molecule has 144 valence electrons. The first-order valence-corrected chi connectivity index (χ1v) is 8.75. The molecule has 3 aromatic rings. The predicted molar refractivity (Wildman–Crippen MR) is 104 cm³/mol. The first kappa shape index (κ1) is 19.4. The Balaban J connectivity index is 1.86. The number of rotatable bonds is 5. The number of carbonyl (C=O) groups is 2. The predicted octanol–water partition coefficient (Wildman–Crippen LogP) is 3.91. The highest BCUT2D eigenvalue weighted by Gasteiger charge is 2.19. The highest BCUT2D eigenvalue weighted by atomic mass is 16.6. The zero-order valence-electron chi connectivity index (χ0n) is 16.1. The van der Waals surface area contributed by atoms with Crippen molar-refractivity contribution in [1.29, 1.82) is 0 Å². The number of fused-ring (bicyclic) bond motifs is 1. The molecule has 0 saturated carbocycles. The maximum absolute atomic E-state index is 12.2. The van der Waals surface area contributed by atoms with Gasteiger partial charge in [-0.05, 0) is 68.7 Å². The fraction of sp³-hybridized carbons (Fsp3) is 0.227. The van der Waals surface area contributed by atoms with Crippen LogP contribution in [-0.4, -0.2) is 18.4 Å². The Bertz CT molecular complexity index is 1140. The molecule has 0 aliphatic rings. The van der Waals surface area contributed by atoms with Crippen LogP contribution in [0, 0.1) is 20.8 Å². The lowest BCUT2D eigenvalue weighted by Crippen LogP contribution is -2.19. The van der Waals surface area contributed by atoms with Crippen LogP contribution < -0.4 is 15.1 Å². The molecule has 3 rings (SSSR count). The summed E-state index contributed by atoms with van der Waals surface area (Å²) in [6, 6.07) is 10.0. The Morgan fingerprint density at radius 2 is 1.71 bits per heavy atom. The SMILES string of the molecule is CC(=O)c1c(OC(=O)COc2ccc(C)c(C)c2)ccc2c(C)cc(=O)oc12. The van der Waals surface area contributed by atoms with Crippen LogP contribution in [0.2, 0.25) is 0 Å². The minimum atomic E-state index is -0.671. The molecule has 1 heterocycles. The zero-order chi connectivity index (χ0) is 20.4. The molecule has 0 aliphatic carbocycles. The largest absolute Gasteiger partial charge is 0.482 e. The monoisotopic (exact) mass is 380 g/mol. The van der Waals surface area contributed by atoms with Gasteiger partial charge < -0.3 is 13.9 Å². The minimum Gasteiger partial charge on any atom is -0.482 e. The van der Waals surface area contributed by atoms with Gasteiger partial charge >= 0.3 is 11.6 Å². The Morgan fingerprint density at radius 3 is 2.39 bits per heavy atom. The zero-order valence-corrected chi connectivity index (χ0v) is 16.1. The number of hydrogen-bond acceptors (Lipinski definition) is 6. The van der Waals surface area contributed by atoms with Crippen LogP contribution in [-0.2, 0) is 4.79 Å². The Morgan fingerprint density at radius 1 is 0.964 bits per heavy atom.